The van der Waals surface area contributed by atoms with Gasteiger partial charge in [0.15, 0.2) is 0 Å². The van der Waals surface area contributed by atoms with E-state index in [0.29, 0.717) is 25.9 Å². The van der Waals surface area contributed by atoms with Crippen LogP contribution in [0.4, 0.5) is 0 Å². The average molecular weight is 453 g/mol. The molecular formula is C26H36N4O3. The fourth-order valence-electron chi connectivity index (χ4n) is 3.95. The molecular weight excluding hydrogens is 416 g/mol. The van der Waals surface area contributed by atoms with Gasteiger partial charge in [-0.15, -0.1) is 0 Å². The SMILES string of the molecule is CC(C)CN(Cc1ccc2occc2c1)C(=O)C(Cc1cncn1C)NC(=O)CC(C)(C)C. The van der Waals surface area contributed by atoms with E-state index in [1.807, 2.05) is 61.6 Å². The lowest BCUT2D eigenvalue weighted by molar-refractivity contribution is -0.137. The van der Waals surface area contributed by atoms with Crippen LogP contribution in [0.5, 0.6) is 0 Å². The van der Waals surface area contributed by atoms with Crippen LogP contribution < -0.4 is 5.32 Å². The molecule has 2 amide bonds. The molecule has 1 N–H and O–H groups in total. The number of fused-ring (bicyclic) bond motifs is 1. The highest BCUT2D eigenvalue weighted by atomic mass is 16.3. The first-order valence-corrected chi connectivity index (χ1v) is 11.5. The van der Waals surface area contributed by atoms with Crippen LogP contribution >= 0.6 is 0 Å². The lowest BCUT2D eigenvalue weighted by atomic mass is 9.91. The Morgan fingerprint density at radius 2 is 1.97 bits per heavy atom. The summed E-state index contributed by atoms with van der Waals surface area (Å²) in [6, 6.07) is 7.23. The van der Waals surface area contributed by atoms with Gasteiger partial charge in [-0.2, -0.15) is 0 Å². The van der Waals surface area contributed by atoms with Crippen molar-refractivity contribution in [2.45, 2.75) is 60.0 Å². The van der Waals surface area contributed by atoms with Gasteiger partial charge in [0.1, 0.15) is 11.6 Å². The van der Waals surface area contributed by atoms with Crippen LogP contribution in [0.3, 0.4) is 0 Å². The minimum absolute atomic E-state index is 0.0838. The number of aromatic nitrogens is 2. The Bertz CT molecular complexity index is 1090. The molecule has 0 saturated heterocycles. The van der Waals surface area contributed by atoms with Crippen molar-refractivity contribution in [3.63, 3.8) is 0 Å². The number of furan rings is 1. The van der Waals surface area contributed by atoms with Crippen LogP contribution in [0.2, 0.25) is 0 Å². The number of aryl methyl sites for hydroxylation is 1. The normalized spacial score (nSPS) is 12.8. The number of hydrogen-bond acceptors (Lipinski definition) is 4. The number of hydrogen-bond donors (Lipinski definition) is 1. The van der Waals surface area contributed by atoms with Gasteiger partial charge in [-0.1, -0.05) is 40.7 Å². The number of nitrogens with one attached hydrogen (secondary N) is 1. The van der Waals surface area contributed by atoms with Gasteiger partial charge in [-0.05, 0) is 35.1 Å². The molecule has 3 aromatic rings. The van der Waals surface area contributed by atoms with Crippen molar-refractivity contribution in [1.29, 1.82) is 0 Å². The zero-order chi connectivity index (χ0) is 24.2. The molecule has 0 saturated carbocycles. The van der Waals surface area contributed by atoms with Crippen molar-refractivity contribution in [1.82, 2.24) is 19.8 Å². The Balaban J connectivity index is 1.85. The van der Waals surface area contributed by atoms with Crippen LogP contribution in [0, 0.1) is 11.3 Å². The topological polar surface area (TPSA) is 80.4 Å². The minimum Gasteiger partial charge on any atom is -0.464 e. The van der Waals surface area contributed by atoms with Gasteiger partial charge < -0.3 is 19.2 Å². The monoisotopic (exact) mass is 452 g/mol. The highest BCUT2D eigenvalue weighted by Crippen LogP contribution is 2.21. The van der Waals surface area contributed by atoms with Gasteiger partial charge in [0.25, 0.3) is 0 Å². The summed E-state index contributed by atoms with van der Waals surface area (Å²) in [5.74, 6) is 0.0843. The van der Waals surface area contributed by atoms with Crippen LogP contribution in [0.15, 0.2) is 47.5 Å². The Morgan fingerprint density at radius 3 is 2.61 bits per heavy atom. The van der Waals surface area contributed by atoms with Gasteiger partial charge in [-0.3, -0.25) is 9.59 Å². The first-order valence-electron chi connectivity index (χ1n) is 11.5. The highest BCUT2D eigenvalue weighted by molar-refractivity contribution is 5.88. The number of amides is 2. The predicted octanol–water partition coefficient (Wildman–Crippen LogP) is 4.31. The molecule has 1 unspecified atom stereocenters. The number of nitrogens with zero attached hydrogens (tertiary/aromatic N) is 3. The van der Waals surface area contributed by atoms with Gasteiger partial charge in [0, 0.05) is 50.3 Å². The second kappa shape index (κ2) is 10.2. The third-order valence-electron chi connectivity index (χ3n) is 5.44. The van der Waals surface area contributed by atoms with E-state index in [1.165, 1.54) is 0 Å². The number of benzene rings is 1. The molecule has 1 aromatic carbocycles. The van der Waals surface area contributed by atoms with Gasteiger partial charge in [0.05, 0.1) is 12.6 Å². The maximum atomic E-state index is 13.8. The molecule has 3 rings (SSSR count). The second-order valence-corrected chi connectivity index (χ2v) is 10.5. The number of imidazole rings is 1. The average Bonchev–Trinajstić information content (AvgIpc) is 3.33. The third kappa shape index (κ3) is 6.94. The molecule has 0 fully saturated rings. The summed E-state index contributed by atoms with van der Waals surface area (Å²) in [6.45, 7) is 11.3. The standard InChI is InChI=1S/C26H36N4O3/c1-18(2)15-30(16-19-7-8-23-20(11-19)9-10-33-23)25(32)22(12-21-14-27-17-29(21)6)28-24(31)13-26(3,4)5/h7-11,14,17-18,22H,12-13,15-16H2,1-6H3,(H,28,31). The van der Waals surface area contributed by atoms with Gasteiger partial charge in [0.2, 0.25) is 11.8 Å². The number of rotatable bonds is 9. The van der Waals surface area contributed by atoms with E-state index in [2.05, 4.69) is 24.1 Å². The minimum atomic E-state index is -0.661. The Morgan fingerprint density at radius 1 is 1.21 bits per heavy atom. The van der Waals surface area contributed by atoms with Crippen molar-refractivity contribution >= 4 is 22.8 Å². The maximum Gasteiger partial charge on any atom is 0.245 e. The van der Waals surface area contributed by atoms with Gasteiger partial charge in [-0.25, -0.2) is 4.98 Å². The number of carbonyl (C=O) groups excluding carboxylic acids is 2. The van der Waals surface area contributed by atoms with E-state index in [-0.39, 0.29) is 23.1 Å². The first kappa shape index (κ1) is 24.6. The van der Waals surface area contributed by atoms with E-state index >= 15 is 0 Å². The molecule has 0 aliphatic carbocycles. The summed E-state index contributed by atoms with van der Waals surface area (Å²) in [6.07, 6.45) is 5.86. The molecule has 0 radical (unpaired) electrons. The maximum absolute atomic E-state index is 13.8. The lowest BCUT2D eigenvalue weighted by Gasteiger charge is -2.30. The third-order valence-corrected chi connectivity index (χ3v) is 5.44. The fraction of sp³-hybridized carbons (Fsp3) is 0.500. The lowest BCUT2D eigenvalue weighted by Crippen LogP contribution is -2.51. The van der Waals surface area contributed by atoms with Crippen LogP contribution in [0.1, 0.15) is 52.3 Å². The van der Waals surface area contributed by atoms with Crippen LogP contribution in [-0.4, -0.2) is 38.9 Å². The second-order valence-electron chi connectivity index (χ2n) is 10.5. The summed E-state index contributed by atoms with van der Waals surface area (Å²) in [7, 11) is 1.90. The largest absolute Gasteiger partial charge is 0.464 e. The van der Waals surface area contributed by atoms with Crippen LogP contribution in [-0.2, 0) is 29.6 Å². The molecule has 2 heterocycles. The van der Waals surface area contributed by atoms with Crippen molar-refractivity contribution < 1.29 is 14.0 Å². The summed E-state index contributed by atoms with van der Waals surface area (Å²) >= 11 is 0. The zero-order valence-electron chi connectivity index (χ0n) is 20.6. The quantitative estimate of drug-likeness (QED) is 0.524. The van der Waals surface area contributed by atoms with Crippen molar-refractivity contribution in [3.8, 4) is 0 Å². The summed E-state index contributed by atoms with van der Waals surface area (Å²) in [4.78, 5) is 32.6. The zero-order valence-corrected chi connectivity index (χ0v) is 20.6. The number of carbonyl (C=O) groups is 2. The molecule has 0 bridgehead atoms. The van der Waals surface area contributed by atoms with E-state index in [4.69, 9.17) is 4.42 Å². The molecule has 7 nitrogen and oxygen atoms in total. The summed E-state index contributed by atoms with van der Waals surface area (Å²) in [5, 5.41) is 4.03. The van der Waals surface area contributed by atoms with E-state index in [0.717, 1.165) is 22.2 Å². The van der Waals surface area contributed by atoms with Crippen molar-refractivity contribution in [3.05, 3.63) is 54.3 Å². The fourth-order valence-corrected chi connectivity index (χ4v) is 3.95. The van der Waals surface area contributed by atoms with E-state index < -0.39 is 6.04 Å². The molecule has 33 heavy (non-hydrogen) atoms. The molecule has 0 spiro atoms. The van der Waals surface area contributed by atoms with Gasteiger partial charge >= 0.3 is 0 Å². The van der Waals surface area contributed by atoms with Crippen LogP contribution in [0.25, 0.3) is 11.0 Å². The van der Waals surface area contributed by atoms with Crippen molar-refractivity contribution in [2.75, 3.05) is 6.54 Å². The van der Waals surface area contributed by atoms with E-state index in [1.54, 1.807) is 18.8 Å². The smallest absolute Gasteiger partial charge is 0.245 e. The Labute approximate surface area is 196 Å². The summed E-state index contributed by atoms with van der Waals surface area (Å²) in [5.41, 5.74) is 2.58. The predicted molar refractivity (Wildman–Crippen MR) is 129 cm³/mol. The molecule has 7 heteroatoms. The molecule has 0 aliphatic rings. The molecule has 178 valence electrons. The summed E-state index contributed by atoms with van der Waals surface area (Å²) < 4.78 is 7.33. The molecule has 0 aliphatic heterocycles. The highest BCUT2D eigenvalue weighted by Gasteiger charge is 2.29. The Hall–Kier alpha value is -3.09. The molecule has 1 atom stereocenters. The first-order chi connectivity index (χ1) is 15.5. The Kier molecular flexibility index (Phi) is 7.61. The van der Waals surface area contributed by atoms with E-state index in [9.17, 15) is 9.59 Å². The molecule has 2 aromatic heterocycles. The van der Waals surface area contributed by atoms with Crippen molar-refractivity contribution in [2.24, 2.45) is 18.4 Å².